The number of hydrogen-bond donors (Lipinski definition) is 2. The fourth-order valence-electron chi connectivity index (χ4n) is 0. The van der Waals surface area contributed by atoms with Gasteiger partial charge in [-0.1, -0.05) is 0 Å². The zero-order valence-corrected chi connectivity index (χ0v) is 2.92. The molecule has 5 heteroatoms. The summed E-state index contributed by atoms with van der Waals surface area (Å²) in [6, 6.07) is 0. The molecule has 34 valence electrons. The first-order valence-corrected chi connectivity index (χ1v) is 0.814. The van der Waals surface area contributed by atoms with Crippen molar-refractivity contribution in [3.63, 3.8) is 0 Å². The molecule has 0 aromatic carbocycles. The number of carboxylic acid groups (broad SMARTS) is 1. The van der Waals surface area contributed by atoms with Crippen molar-refractivity contribution in [2.24, 2.45) is 0 Å². The van der Waals surface area contributed by atoms with E-state index in [-0.39, 0.29) is 13.0 Å². The maximum atomic E-state index is 8.90. The molecule has 2 N–H and O–H groups in total. The van der Waals surface area contributed by atoms with Crippen LogP contribution < -0.4 is 0 Å². The van der Waals surface area contributed by atoms with Crippen molar-refractivity contribution >= 4 is 16.3 Å². The molecule has 4 nitrogen and oxygen atoms in total. The normalized spacial score (nSPS) is 5.50. The molecule has 0 fully saturated rings. The Hall–Kier alpha value is -0.601. The van der Waals surface area contributed by atoms with Crippen molar-refractivity contribution in [3.8, 4) is 0 Å². The zero-order valence-electron chi connectivity index (χ0n) is 4.92. The van der Waals surface area contributed by atoms with Crippen LogP contribution in [0.1, 0.15) is 2.85 Å². The van der Waals surface area contributed by atoms with E-state index in [0.717, 1.165) is 0 Å². The summed E-state index contributed by atoms with van der Waals surface area (Å²) in [7, 11) is 0. The fraction of sp³-hybridized carbons (Fsp3) is 0. The molecule has 0 aromatic heterocycles. The van der Waals surface area contributed by atoms with Gasteiger partial charge in [0.15, 0.2) is 0 Å². The average molecular weight is 89.1 g/mol. The van der Waals surface area contributed by atoms with Gasteiger partial charge in [0.2, 0.25) is 0 Å². The molecule has 0 aliphatic carbocycles. The van der Waals surface area contributed by atoms with E-state index >= 15 is 0 Å². The zero-order chi connectivity index (χ0) is 4.28. The predicted molar refractivity (Wildman–Crippen MR) is 19.7 cm³/mol. The maximum absolute atomic E-state index is 8.90. The minimum Gasteiger partial charge on any atom is -1.00 e. The van der Waals surface area contributed by atoms with E-state index in [9.17, 15) is 0 Å². The van der Waals surface area contributed by atoms with Gasteiger partial charge < -0.3 is 7.96 Å². The third-order valence-corrected chi connectivity index (χ3v) is 0.0781. The summed E-state index contributed by atoms with van der Waals surface area (Å²) in [6.45, 7) is 0. The van der Waals surface area contributed by atoms with Crippen LogP contribution in [0.4, 0.5) is 4.79 Å². The average Bonchev–Trinajstić information content (AvgIpc) is 1.38. The molecule has 0 aromatic rings. The standard InChI is InChI=1S/CH2O4.Be.2H/c2-1(3)5-4;;;/h4H,(H,2,3);;;/q;+2;2*-1. The molecule has 0 aliphatic rings. The molecule has 0 rings (SSSR count). The van der Waals surface area contributed by atoms with Gasteiger partial charge in [-0.3, -0.25) is 4.89 Å². The molecular weight excluding hydrogens is 85.0 g/mol. The van der Waals surface area contributed by atoms with Crippen LogP contribution in [0, 0.1) is 0 Å². The van der Waals surface area contributed by atoms with E-state index in [1.165, 1.54) is 0 Å². The maximum Gasteiger partial charge on any atom is 2.00 e. The largest absolute Gasteiger partial charge is 2.00 e. The quantitative estimate of drug-likeness (QED) is 0.249. The molecular formula is CH4BeO4. The van der Waals surface area contributed by atoms with Crippen molar-refractivity contribution in [1.29, 1.82) is 0 Å². The summed E-state index contributed by atoms with van der Waals surface area (Å²) < 4.78 is 0. The molecule has 0 radical (unpaired) electrons. The van der Waals surface area contributed by atoms with Crippen molar-refractivity contribution in [1.82, 2.24) is 0 Å². The van der Waals surface area contributed by atoms with Crippen LogP contribution in [-0.2, 0) is 4.89 Å². The van der Waals surface area contributed by atoms with Gasteiger partial charge in [-0.2, -0.15) is 5.26 Å². The van der Waals surface area contributed by atoms with Crippen LogP contribution in [0.25, 0.3) is 0 Å². The summed E-state index contributed by atoms with van der Waals surface area (Å²) in [5.41, 5.74) is 0. The summed E-state index contributed by atoms with van der Waals surface area (Å²) in [6.07, 6.45) is -1.69. The van der Waals surface area contributed by atoms with E-state index in [2.05, 4.69) is 4.89 Å². The van der Waals surface area contributed by atoms with Crippen LogP contribution in [-0.4, -0.2) is 26.6 Å². The smallest absolute Gasteiger partial charge is 1.00 e. The molecule has 0 unspecified atom stereocenters. The molecule has 0 spiro atoms. The van der Waals surface area contributed by atoms with Crippen LogP contribution in [0.2, 0.25) is 0 Å². The SMILES string of the molecule is O=C(O)OO.[Be+2].[H-].[H-]. The molecule has 0 atom stereocenters. The first kappa shape index (κ1) is 9.04. The van der Waals surface area contributed by atoms with Gasteiger partial charge in [0.25, 0.3) is 0 Å². The molecule has 0 saturated carbocycles. The number of hydrogen-bond acceptors (Lipinski definition) is 3. The fourth-order valence-corrected chi connectivity index (χ4v) is 0. The van der Waals surface area contributed by atoms with Gasteiger partial charge in [-0.05, 0) is 0 Å². The Bertz CT molecular complexity index is 49.3. The summed E-state index contributed by atoms with van der Waals surface area (Å²) >= 11 is 0. The van der Waals surface area contributed by atoms with Gasteiger partial charge >= 0.3 is 16.3 Å². The molecule has 0 amide bonds. The van der Waals surface area contributed by atoms with E-state index in [4.69, 9.17) is 15.2 Å². The Morgan fingerprint density at radius 1 is 1.83 bits per heavy atom. The van der Waals surface area contributed by atoms with Crippen LogP contribution in [0.5, 0.6) is 0 Å². The van der Waals surface area contributed by atoms with Gasteiger partial charge in [0.1, 0.15) is 0 Å². The third-order valence-electron chi connectivity index (χ3n) is 0.0781. The van der Waals surface area contributed by atoms with Crippen LogP contribution in [0.15, 0.2) is 0 Å². The van der Waals surface area contributed by atoms with Crippen molar-refractivity contribution in [2.45, 2.75) is 0 Å². The monoisotopic (exact) mass is 89.0 g/mol. The van der Waals surface area contributed by atoms with Crippen molar-refractivity contribution < 1.29 is 22.9 Å². The number of carbonyl (C=O) groups is 1. The molecule has 0 saturated heterocycles. The Kier molecular flexibility index (Phi) is 6.63. The second kappa shape index (κ2) is 4.40. The van der Waals surface area contributed by atoms with Gasteiger partial charge in [-0.25, -0.2) is 4.79 Å². The van der Waals surface area contributed by atoms with Crippen molar-refractivity contribution in [3.05, 3.63) is 0 Å². The predicted octanol–water partition coefficient (Wildman–Crippen LogP) is -0.00180. The van der Waals surface area contributed by atoms with Crippen molar-refractivity contribution in [2.75, 3.05) is 0 Å². The minimum absolute atomic E-state index is 0. The summed E-state index contributed by atoms with van der Waals surface area (Å²) in [5, 5.41) is 14.3. The van der Waals surface area contributed by atoms with E-state index in [1.807, 2.05) is 0 Å². The Morgan fingerprint density at radius 3 is 2.00 bits per heavy atom. The Labute approximate surface area is 40.5 Å². The third kappa shape index (κ3) is 10.00. The molecule has 0 heterocycles. The van der Waals surface area contributed by atoms with Gasteiger partial charge in [0.05, 0.1) is 0 Å². The second-order valence-electron chi connectivity index (χ2n) is 0.357. The van der Waals surface area contributed by atoms with E-state index in [0.29, 0.717) is 0 Å². The Morgan fingerprint density at radius 2 is 2.00 bits per heavy atom. The van der Waals surface area contributed by atoms with E-state index < -0.39 is 6.16 Å². The summed E-state index contributed by atoms with van der Waals surface area (Å²) in [4.78, 5) is 11.6. The molecule has 0 aliphatic heterocycles. The summed E-state index contributed by atoms with van der Waals surface area (Å²) in [5.74, 6) is 0. The molecule has 6 heavy (non-hydrogen) atoms. The topological polar surface area (TPSA) is 66.8 Å². The first-order valence-electron chi connectivity index (χ1n) is 0.814. The second-order valence-corrected chi connectivity index (χ2v) is 0.357. The molecule has 0 bridgehead atoms. The minimum atomic E-state index is -1.69. The van der Waals surface area contributed by atoms with Crippen LogP contribution >= 0.6 is 0 Å². The van der Waals surface area contributed by atoms with Gasteiger partial charge in [0, 0.05) is 0 Å². The van der Waals surface area contributed by atoms with Crippen LogP contribution in [0.3, 0.4) is 0 Å². The van der Waals surface area contributed by atoms with Gasteiger partial charge in [-0.15, -0.1) is 0 Å². The van der Waals surface area contributed by atoms with E-state index in [1.54, 1.807) is 0 Å². The number of rotatable bonds is 0. The Balaban J connectivity index is -0.0000000267. The first-order chi connectivity index (χ1) is 2.27.